The van der Waals surface area contributed by atoms with Crippen LogP contribution in [0, 0.1) is 0 Å². The number of rotatable bonds is 4. The van der Waals surface area contributed by atoms with Gasteiger partial charge in [0.1, 0.15) is 0 Å². The first-order valence-electron chi connectivity index (χ1n) is 7.35. The summed E-state index contributed by atoms with van der Waals surface area (Å²) in [7, 11) is 0. The molecule has 2 rings (SSSR count). The average Bonchev–Trinajstić information content (AvgIpc) is 2.67. The Morgan fingerprint density at radius 3 is 2.41 bits per heavy atom. The molecule has 0 saturated carbocycles. The van der Waals surface area contributed by atoms with Crippen molar-refractivity contribution in [3.8, 4) is 0 Å². The molecule has 2 heterocycles. The van der Waals surface area contributed by atoms with Crippen molar-refractivity contribution in [3.05, 3.63) is 0 Å². The summed E-state index contributed by atoms with van der Waals surface area (Å²) >= 11 is 0. The third-order valence-electron chi connectivity index (χ3n) is 4.51. The van der Waals surface area contributed by atoms with Gasteiger partial charge >= 0.3 is 0 Å². The summed E-state index contributed by atoms with van der Waals surface area (Å²) in [5.74, 6) is 0. The zero-order chi connectivity index (χ0) is 12.3. The van der Waals surface area contributed by atoms with Crippen molar-refractivity contribution in [3.63, 3.8) is 0 Å². The maximum atomic E-state index is 3.63. The summed E-state index contributed by atoms with van der Waals surface area (Å²) in [5, 5.41) is 3.63. The maximum absolute atomic E-state index is 3.63. The molecule has 100 valence electrons. The van der Waals surface area contributed by atoms with E-state index in [0.29, 0.717) is 5.54 Å². The molecule has 1 unspecified atom stereocenters. The highest BCUT2D eigenvalue weighted by molar-refractivity contribution is 4.99. The first-order chi connectivity index (χ1) is 8.13. The second-order valence-electron chi connectivity index (χ2n) is 6.18. The number of hydrogen-bond acceptors (Lipinski definition) is 3. The summed E-state index contributed by atoms with van der Waals surface area (Å²) in [6.45, 7) is 14.5. The lowest BCUT2D eigenvalue weighted by Crippen LogP contribution is -2.57. The molecule has 0 spiro atoms. The van der Waals surface area contributed by atoms with E-state index in [1.54, 1.807) is 0 Å². The van der Waals surface area contributed by atoms with Crippen molar-refractivity contribution in [1.82, 2.24) is 15.1 Å². The second kappa shape index (κ2) is 5.68. The lowest BCUT2D eigenvalue weighted by Gasteiger charge is -2.42. The Morgan fingerprint density at radius 2 is 1.88 bits per heavy atom. The molecule has 17 heavy (non-hydrogen) atoms. The number of nitrogens with one attached hydrogen (secondary N) is 1. The summed E-state index contributed by atoms with van der Waals surface area (Å²) in [6.07, 6.45) is 4.00. The van der Waals surface area contributed by atoms with Gasteiger partial charge in [-0.15, -0.1) is 0 Å². The number of hydrogen-bond donors (Lipinski definition) is 1. The van der Waals surface area contributed by atoms with Crippen molar-refractivity contribution < 1.29 is 0 Å². The van der Waals surface area contributed by atoms with Crippen molar-refractivity contribution in [2.45, 2.75) is 51.6 Å². The first-order valence-corrected chi connectivity index (χ1v) is 7.35. The van der Waals surface area contributed by atoms with E-state index in [1.807, 2.05) is 0 Å². The van der Waals surface area contributed by atoms with Crippen LogP contribution < -0.4 is 5.32 Å². The molecular formula is C14H29N3. The Bertz CT molecular complexity index is 232. The molecule has 1 atom stereocenters. The Balaban J connectivity index is 1.79. The zero-order valence-corrected chi connectivity index (χ0v) is 11.8. The van der Waals surface area contributed by atoms with Gasteiger partial charge in [-0.05, 0) is 39.8 Å². The van der Waals surface area contributed by atoms with Crippen LogP contribution in [-0.2, 0) is 0 Å². The minimum Gasteiger partial charge on any atom is -0.310 e. The van der Waals surface area contributed by atoms with Gasteiger partial charge in [-0.25, -0.2) is 0 Å². The third kappa shape index (κ3) is 3.21. The van der Waals surface area contributed by atoms with Gasteiger partial charge in [0.2, 0.25) is 0 Å². The highest BCUT2D eigenvalue weighted by Crippen LogP contribution is 2.25. The molecule has 1 N–H and O–H groups in total. The summed E-state index contributed by atoms with van der Waals surface area (Å²) in [5.41, 5.74) is 0.311. The number of nitrogens with zero attached hydrogens (tertiary/aromatic N) is 2. The van der Waals surface area contributed by atoms with Crippen LogP contribution in [0.3, 0.4) is 0 Å². The van der Waals surface area contributed by atoms with Crippen molar-refractivity contribution >= 4 is 0 Å². The van der Waals surface area contributed by atoms with Crippen LogP contribution in [0.15, 0.2) is 0 Å². The van der Waals surface area contributed by atoms with Crippen LogP contribution in [0.5, 0.6) is 0 Å². The van der Waals surface area contributed by atoms with Crippen LogP contribution in [0.25, 0.3) is 0 Å². The van der Waals surface area contributed by atoms with Crippen LogP contribution >= 0.6 is 0 Å². The SMILES string of the molecule is CCCCN1CCN(C2CCNC2(C)C)CC1. The standard InChI is InChI=1S/C14H29N3/c1-4-5-8-16-9-11-17(12-10-16)13-6-7-15-14(13,2)3/h13,15H,4-12H2,1-3H3. The molecule has 0 radical (unpaired) electrons. The first kappa shape index (κ1) is 13.3. The van der Waals surface area contributed by atoms with E-state index in [-0.39, 0.29) is 0 Å². The summed E-state index contributed by atoms with van der Waals surface area (Å²) < 4.78 is 0. The minimum absolute atomic E-state index is 0.311. The molecular weight excluding hydrogens is 210 g/mol. The van der Waals surface area contributed by atoms with Crippen LogP contribution in [0.2, 0.25) is 0 Å². The molecule has 0 aromatic rings. The zero-order valence-electron chi connectivity index (χ0n) is 11.8. The molecule has 0 aromatic heterocycles. The monoisotopic (exact) mass is 239 g/mol. The van der Waals surface area contributed by atoms with Crippen LogP contribution in [-0.4, -0.2) is 60.6 Å². The molecule has 0 bridgehead atoms. The Hall–Kier alpha value is -0.120. The van der Waals surface area contributed by atoms with E-state index in [9.17, 15) is 0 Å². The lowest BCUT2D eigenvalue weighted by atomic mass is 9.95. The highest BCUT2D eigenvalue weighted by atomic mass is 15.3. The maximum Gasteiger partial charge on any atom is 0.0285 e. The normalized spacial score (nSPS) is 30.9. The van der Waals surface area contributed by atoms with E-state index in [1.165, 1.54) is 58.5 Å². The molecule has 2 saturated heterocycles. The van der Waals surface area contributed by atoms with Gasteiger partial charge in [-0.1, -0.05) is 13.3 Å². The second-order valence-corrected chi connectivity index (χ2v) is 6.18. The molecule has 3 heteroatoms. The quantitative estimate of drug-likeness (QED) is 0.803. The van der Waals surface area contributed by atoms with E-state index >= 15 is 0 Å². The fraction of sp³-hybridized carbons (Fsp3) is 1.00. The van der Waals surface area contributed by atoms with Crippen LogP contribution in [0.1, 0.15) is 40.0 Å². The predicted molar refractivity (Wildman–Crippen MR) is 73.4 cm³/mol. The molecule has 2 aliphatic rings. The largest absolute Gasteiger partial charge is 0.310 e. The number of piperazine rings is 1. The van der Waals surface area contributed by atoms with Crippen molar-refractivity contribution in [2.24, 2.45) is 0 Å². The topological polar surface area (TPSA) is 18.5 Å². The van der Waals surface area contributed by atoms with Crippen molar-refractivity contribution in [2.75, 3.05) is 39.3 Å². The fourth-order valence-corrected chi connectivity index (χ4v) is 3.33. The Labute approximate surface area is 107 Å². The lowest BCUT2D eigenvalue weighted by molar-refractivity contribution is 0.0733. The van der Waals surface area contributed by atoms with Gasteiger partial charge in [-0.2, -0.15) is 0 Å². The van der Waals surface area contributed by atoms with Gasteiger partial charge in [0.05, 0.1) is 0 Å². The van der Waals surface area contributed by atoms with Gasteiger partial charge in [0, 0.05) is 37.8 Å². The van der Waals surface area contributed by atoms with Crippen LogP contribution in [0.4, 0.5) is 0 Å². The molecule has 0 aliphatic carbocycles. The van der Waals surface area contributed by atoms with Gasteiger partial charge in [0.25, 0.3) is 0 Å². The van der Waals surface area contributed by atoms with Gasteiger partial charge in [0.15, 0.2) is 0 Å². The Morgan fingerprint density at radius 1 is 1.18 bits per heavy atom. The van der Waals surface area contributed by atoms with E-state index < -0.39 is 0 Å². The molecule has 2 aliphatic heterocycles. The van der Waals surface area contributed by atoms with Gasteiger partial charge in [-0.3, -0.25) is 4.90 Å². The van der Waals surface area contributed by atoms with E-state index in [2.05, 4.69) is 35.9 Å². The predicted octanol–water partition coefficient (Wildman–Crippen LogP) is 1.54. The smallest absolute Gasteiger partial charge is 0.0285 e. The fourth-order valence-electron chi connectivity index (χ4n) is 3.33. The average molecular weight is 239 g/mol. The molecule has 0 aromatic carbocycles. The molecule has 3 nitrogen and oxygen atoms in total. The Kier molecular flexibility index (Phi) is 4.45. The van der Waals surface area contributed by atoms with Crippen molar-refractivity contribution in [1.29, 1.82) is 0 Å². The summed E-state index contributed by atoms with van der Waals surface area (Å²) in [6, 6.07) is 0.746. The van der Waals surface area contributed by atoms with Gasteiger partial charge < -0.3 is 10.2 Å². The highest BCUT2D eigenvalue weighted by Gasteiger charge is 2.38. The van der Waals surface area contributed by atoms with E-state index in [4.69, 9.17) is 0 Å². The summed E-state index contributed by atoms with van der Waals surface area (Å²) in [4.78, 5) is 5.35. The third-order valence-corrected chi connectivity index (χ3v) is 4.51. The van der Waals surface area contributed by atoms with E-state index in [0.717, 1.165) is 6.04 Å². The minimum atomic E-state index is 0.311. The molecule has 0 amide bonds. The number of unbranched alkanes of at least 4 members (excludes halogenated alkanes) is 1. The molecule has 2 fully saturated rings.